The highest BCUT2D eigenvalue weighted by atomic mass is 127. The van der Waals surface area contributed by atoms with Crippen LogP contribution in [0, 0.1) is 11.6 Å². The van der Waals surface area contributed by atoms with Gasteiger partial charge < -0.3 is 25.3 Å². The standard InChI is InChI=1S/C18H21F2N5O2.HI/c1-22-18(23-11-13-3-5-16(27-13)17(21)26)25-8-6-24(7-9-25)15-10-12(19)2-4-14(15)20;/h2-5,10H,6-9,11H2,1H3,(H2,21,26)(H,22,23);1H. The van der Waals surface area contributed by atoms with E-state index in [1.807, 2.05) is 9.80 Å². The molecule has 1 saturated heterocycles. The first-order chi connectivity index (χ1) is 13.0. The maximum Gasteiger partial charge on any atom is 0.284 e. The Bertz CT molecular complexity index is 850. The van der Waals surface area contributed by atoms with Crippen LogP contribution in [0.4, 0.5) is 14.5 Å². The molecule has 0 radical (unpaired) electrons. The van der Waals surface area contributed by atoms with E-state index in [0.717, 1.165) is 12.1 Å². The van der Waals surface area contributed by atoms with Gasteiger partial charge in [0.25, 0.3) is 5.91 Å². The molecule has 7 nitrogen and oxygen atoms in total. The van der Waals surface area contributed by atoms with Crippen LogP contribution in [0.5, 0.6) is 0 Å². The number of primary amides is 1. The first-order valence-electron chi connectivity index (χ1n) is 8.52. The largest absolute Gasteiger partial charge is 0.454 e. The summed E-state index contributed by atoms with van der Waals surface area (Å²) in [6, 6.07) is 6.66. The van der Waals surface area contributed by atoms with Crippen molar-refractivity contribution in [3.05, 3.63) is 53.5 Å². The number of nitrogens with zero attached hydrogens (tertiary/aromatic N) is 3. The molecule has 10 heteroatoms. The molecule has 0 unspecified atom stereocenters. The molecule has 1 aromatic heterocycles. The second-order valence-electron chi connectivity index (χ2n) is 6.10. The highest BCUT2D eigenvalue weighted by molar-refractivity contribution is 14.0. The van der Waals surface area contributed by atoms with Crippen molar-refractivity contribution in [3.8, 4) is 0 Å². The Hall–Kier alpha value is -2.37. The summed E-state index contributed by atoms with van der Waals surface area (Å²) in [7, 11) is 1.66. The molecule has 3 N–H and O–H groups in total. The van der Waals surface area contributed by atoms with Crippen LogP contribution in [-0.2, 0) is 6.54 Å². The Balaban J connectivity index is 0.00000280. The van der Waals surface area contributed by atoms with Gasteiger partial charge in [0.1, 0.15) is 17.4 Å². The number of benzene rings is 1. The van der Waals surface area contributed by atoms with Gasteiger partial charge in [0.15, 0.2) is 11.7 Å². The molecule has 1 amide bonds. The van der Waals surface area contributed by atoms with Crippen molar-refractivity contribution < 1.29 is 18.0 Å². The number of aliphatic imine (C=N–C) groups is 1. The van der Waals surface area contributed by atoms with Gasteiger partial charge in [0, 0.05) is 39.3 Å². The molecule has 0 saturated carbocycles. The second kappa shape index (κ2) is 9.71. The minimum Gasteiger partial charge on any atom is -0.454 e. The van der Waals surface area contributed by atoms with Gasteiger partial charge in [0.05, 0.1) is 12.2 Å². The summed E-state index contributed by atoms with van der Waals surface area (Å²) >= 11 is 0. The smallest absolute Gasteiger partial charge is 0.284 e. The van der Waals surface area contributed by atoms with Gasteiger partial charge in [-0.05, 0) is 24.3 Å². The van der Waals surface area contributed by atoms with Crippen LogP contribution in [-0.4, -0.2) is 50.0 Å². The lowest BCUT2D eigenvalue weighted by Gasteiger charge is -2.37. The molecule has 1 fully saturated rings. The summed E-state index contributed by atoms with van der Waals surface area (Å²) in [4.78, 5) is 19.1. The molecule has 1 aliphatic rings. The van der Waals surface area contributed by atoms with E-state index in [1.165, 1.54) is 12.1 Å². The summed E-state index contributed by atoms with van der Waals surface area (Å²) in [6.45, 7) is 2.61. The monoisotopic (exact) mass is 505 g/mol. The Morgan fingerprint density at radius 1 is 1.21 bits per heavy atom. The zero-order chi connectivity index (χ0) is 19.4. The minimum atomic E-state index is -0.619. The van der Waals surface area contributed by atoms with Crippen LogP contribution in [0.2, 0.25) is 0 Å². The molecule has 0 spiro atoms. The van der Waals surface area contributed by atoms with Crippen LogP contribution < -0.4 is 16.0 Å². The van der Waals surface area contributed by atoms with Crippen molar-refractivity contribution in [2.24, 2.45) is 10.7 Å². The highest BCUT2D eigenvalue weighted by Gasteiger charge is 2.22. The predicted octanol–water partition coefficient (Wildman–Crippen LogP) is 2.17. The summed E-state index contributed by atoms with van der Waals surface area (Å²) in [5.74, 6) is -0.189. The molecule has 2 heterocycles. The fourth-order valence-electron chi connectivity index (χ4n) is 2.99. The Kier molecular flexibility index (Phi) is 7.61. The van der Waals surface area contributed by atoms with Crippen molar-refractivity contribution in [2.75, 3.05) is 38.1 Å². The van der Waals surface area contributed by atoms with Crippen LogP contribution in [0.25, 0.3) is 0 Å². The van der Waals surface area contributed by atoms with Crippen LogP contribution in [0.1, 0.15) is 16.3 Å². The number of piperazine rings is 1. The van der Waals surface area contributed by atoms with E-state index >= 15 is 0 Å². The molecular weight excluding hydrogens is 483 g/mol. The number of hydrogen-bond acceptors (Lipinski definition) is 4. The number of rotatable bonds is 4. The number of hydrogen-bond donors (Lipinski definition) is 2. The first-order valence-corrected chi connectivity index (χ1v) is 8.52. The molecule has 2 aromatic rings. The molecular formula is C18H22F2IN5O2. The molecule has 1 aliphatic heterocycles. The molecule has 152 valence electrons. The van der Waals surface area contributed by atoms with Gasteiger partial charge in [-0.3, -0.25) is 9.79 Å². The van der Waals surface area contributed by atoms with E-state index in [9.17, 15) is 13.6 Å². The normalized spacial score (nSPS) is 14.6. The van der Waals surface area contributed by atoms with Gasteiger partial charge in [-0.25, -0.2) is 8.78 Å². The van der Waals surface area contributed by atoms with Crippen molar-refractivity contribution in [1.82, 2.24) is 10.2 Å². The van der Waals surface area contributed by atoms with E-state index < -0.39 is 17.5 Å². The van der Waals surface area contributed by atoms with E-state index in [-0.39, 0.29) is 35.4 Å². The predicted molar refractivity (Wildman–Crippen MR) is 113 cm³/mol. The Morgan fingerprint density at radius 3 is 2.54 bits per heavy atom. The van der Waals surface area contributed by atoms with Gasteiger partial charge in [-0.2, -0.15) is 0 Å². The van der Waals surface area contributed by atoms with Crippen LogP contribution >= 0.6 is 24.0 Å². The van der Waals surface area contributed by atoms with Gasteiger partial charge >= 0.3 is 0 Å². The summed E-state index contributed by atoms with van der Waals surface area (Å²) in [5, 5.41) is 3.16. The number of nitrogens with one attached hydrogen (secondary N) is 1. The highest BCUT2D eigenvalue weighted by Crippen LogP contribution is 2.22. The van der Waals surface area contributed by atoms with Gasteiger partial charge in [-0.1, -0.05) is 0 Å². The topological polar surface area (TPSA) is 87.1 Å². The summed E-state index contributed by atoms with van der Waals surface area (Å²) < 4.78 is 32.7. The average Bonchev–Trinajstić information content (AvgIpc) is 3.14. The molecule has 28 heavy (non-hydrogen) atoms. The lowest BCUT2D eigenvalue weighted by atomic mass is 10.2. The maximum absolute atomic E-state index is 13.9. The van der Waals surface area contributed by atoms with E-state index in [0.29, 0.717) is 44.4 Å². The molecule has 3 rings (SSSR count). The third-order valence-corrected chi connectivity index (χ3v) is 4.37. The van der Waals surface area contributed by atoms with Crippen molar-refractivity contribution in [1.29, 1.82) is 0 Å². The summed E-state index contributed by atoms with van der Waals surface area (Å²) in [5.41, 5.74) is 5.44. The third kappa shape index (κ3) is 5.12. The van der Waals surface area contributed by atoms with Crippen LogP contribution in [0.3, 0.4) is 0 Å². The van der Waals surface area contributed by atoms with E-state index in [4.69, 9.17) is 10.2 Å². The fraction of sp³-hybridized carbons (Fsp3) is 0.333. The molecule has 0 aliphatic carbocycles. The maximum atomic E-state index is 13.9. The van der Waals surface area contributed by atoms with Crippen molar-refractivity contribution in [2.45, 2.75) is 6.54 Å². The van der Waals surface area contributed by atoms with Crippen molar-refractivity contribution >= 4 is 41.5 Å². The zero-order valence-electron chi connectivity index (χ0n) is 15.3. The number of carbonyl (C=O) groups is 1. The molecule has 0 bridgehead atoms. The molecule has 1 aromatic carbocycles. The van der Waals surface area contributed by atoms with Gasteiger partial charge in [0.2, 0.25) is 0 Å². The van der Waals surface area contributed by atoms with E-state index in [1.54, 1.807) is 13.1 Å². The second-order valence-corrected chi connectivity index (χ2v) is 6.10. The minimum absolute atomic E-state index is 0. The number of furan rings is 1. The number of halogens is 3. The number of guanidine groups is 1. The van der Waals surface area contributed by atoms with E-state index in [2.05, 4.69) is 10.3 Å². The number of amides is 1. The number of anilines is 1. The lowest BCUT2D eigenvalue weighted by Crippen LogP contribution is -2.52. The quantitative estimate of drug-likeness (QED) is 0.378. The van der Waals surface area contributed by atoms with Crippen molar-refractivity contribution in [3.63, 3.8) is 0 Å². The Morgan fingerprint density at radius 2 is 1.93 bits per heavy atom. The lowest BCUT2D eigenvalue weighted by molar-refractivity contribution is 0.0972. The van der Waals surface area contributed by atoms with Gasteiger partial charge in [-0.15, -0.1) is 24.0 Å². The number of nitrogens with two attached hydrogens (primary N) is 1. The Labute approximate surface area is 178 Å². The number of carbonyl (C=O) groups excluding carboxylic acids is 1. The molecule has 0 atom stereocenters. The van der Waals surface area contributed by atoms with Crippen LogP contribution in [0.15, 0.2) is 39.7 Å². The SMILES string of the molecule is CN=C(NCc1ccc(C(N)=O)o1)N1CCN(c2cc(F)ccc2F)CC1.I. The first kappa shape index (κ1) is 21.9. The zero-order valence-corrected chi connectivity index (χ0v) is 17.7. The third-order valence-electron chi connectivity index (χ3n) is 4.37. The fourth-order valence-corrected chi connectivity index (χ4v) is 2.99. The average molecular weight is 505 g/mol. The summed E-state index contributed by atoms with van der Waals surface area (Å²) in [6.07, 6.45) is 0.